The second-order valence-corrected chi connectivity index (χ2v) is 14.4. The number of hydrogen-bond donors (Lipinski definition) is 2. The number of benzene rings is 1. The number of nitrogens with zero attached hydrogens (tertiary/aromatic N) is 4. The normalized spacial score (nSPS) is 20.8. The molecule has 1 spiro atoms. The number of piperidine rings is 2. The molecule has 3 aliphatic rings. The molecule has 3 N–H and O–H groups in total. The molecule has 0 amide bonds. The van der Waals surface area contributed by atoms with Crippen molar-refractivity contribution >= 4 is 33.1 Å². The number of sulfonamides is 1. The number of hydrogen-bond acceptors (Lipinski definition) is 8. The fraction of sp³-hybridized carbons (Fsp3) is 0.517. The van der Waals surface area contributed by atoms with E-state index in [9.17, 15) is 22.3 Å². The lowest BCUT2D eigenvalue weighted by Gasteiger charge is -2.35. The molecule has 220 valence electrons. The Morgan fingerprint density at radius 3 is 2.32 bits per heavy atom. The van der Waals surface area contributed by atoms with Crippen molar-refractivity contribution in [2.45, 2.75) is 56.6 Å². The molecule has 2 saturated heterocycles. The molecular formula is C29H35F2N5O3S2. The second-order valence-electron chi connectivity index (χ2n) is 11.8. The summed E-state index contributed by atoms with van der Waals surface area (Å²) in [6, 6.07) is 11.3. The van der Waals surface area contributed by atoms with Crippen molar-refractivity contribution in [3.05, 3.63) is 47.7 Å². The smallest absolute Gasteiger partial charge is 0.251 e. The van der Waals surface area contributed by atoms with E-state index >= 15 is 0 Å². The van der Waals surface area contributed by atoms with E-state index in [1.54, 1.807) is 6.07 Å². The monoisotopic (exact) mass is 603 g/mol. The second kappa shape index (κ2) is 10.6. The Bertz CT molecular complexity index is 1540. The SMILES string of the molecule is Cc1cc(-c2cc(-c3ccc(C(CO)S(N)(=O)=O)cc3N3CCC4(CC3)CC4)sn2)cc(N2CCC(F)(F)CC2)n1. The molecule has 4 heterocycles. The Labute approximate surface area is 243 Å². The number of alkyl halides is 2. The van der Waals surface area contributed by atoms with Crippen LogP contribution < -0.4 is 14.9 Å². The van der Waals surface area contributed by atoms with Crippen molar-refractivity contribution in [3.8, 4) is 21.7 Å². The van der Waals surface area contributed by atoms with Crippen molar-refractivity contribution in [1.82, 2.24) is 9.36 Å². The van der Waals surface area contributed by atoms with Gasteiger partial charge in [0.05, 0.1) is 17.2 Å². The molecule has 3 fully saturated rings. The molecule has 1 atom stereocenters. The standard InChI is InChI=1S/C29H35F2N5O3S2/c1-19-14-21(16-27(33-19)36-12-8-29(30,31)9-13-36)23-17-25(40-34-23)22-3-2-20(26(18-37)41(32,38)39)15-24(22)35-10-6-28(4-5-28)7-11-35/h2-3,14-17,26,37H,4-13,18H2,1H3,(H2,32,38,39). The van der Waals surface area contributed by atoms with Gasteiger partial charge in [-0.05, 0) is 79.4 Å². The summed E-state index contributed by atoms with van der Waals surface area (Å²) in [6.45, 7) is 3.56. The lowest BCUT2D eigenvalue weighted by Crippen LogP contribution is -2.39. The highest BCUT2D eigenvalue weighted by Gasteiger charge is 2.44. The predicted octanol–water partition coefficient (Wildman–Crippen LogP) is 5.12. The van der Waals surface area contributed by atoms with Crippen LogP contribution >= 0.6 is 11.5 Å². The van der Waals surface area contributed by atoms with E-state index in [1.165, 1.54) is 24.4 Å². The molecule has 8 nitrogen and oxygen atoms in total. The number of halogens is 2. The maximum absolute atomic E-state index is 13.7. The lowest BCUT2D eigenvalue weighted by molar-refractivity contribution is -0.0221. The van der Waals surface area contributed by atoms with E-state index in [4.69, 9.17) is 9.51 Å². The first-order valence-electron chi connectivity index (χ1n) is 14.1. The highest BCUT2D eigenvalue weighted by molar-refractivity contribution is 7.89. The fourth-order valence-corrected chi connectivity index (χ4v) is 7.60. The summed E-state index contributed by atoms with van der Waals surface area (Å²) < 4.78 is 56.6. The third kappa shape index (κ3) is 5.97. The van der Waals surface area contributed by atoms with Crippen LogP contribution in [0.2, 0.25) is 0 Å². The van der Waals surface area contributed by atoms with Crippen molar-refractivity contribution < 1.29 is 22.3 Å². The van der Waals surface area contributed by atoms with Crippen molar-refractivity contribution in [2.75, 3.05) is 42.6 Å². The zero-order chi connectivity index (χ0) is 29.0. The van der Waals surface area contributed by atoms with E-state index in [2.05, 4.69) is 9.88 Å². The third-order valence-corrected chi connectivity index (χ3v) is 10.9. The minimum Gasteiger partial charge on any atom is -0.395 e. The number of rotatable bonds is 7. The van der Waals surface area contributed by atoms with Gasteiger partial charge in [-0.1, -0.05) is 12.1 Å². The average molecular weight is 604 g/mol. The van der Waals surface area contributed by atoms with Gasteiger partial charge < -0.3 is 14.9 Å². The Kier molecular flexibility index (Phi) is 7.32. The molecule has 2 aromatic heterocycles. The molecule has 1 saturated carbocycles. The average Bonchev–Trinajstić information content (AvgIpc) is 3.48. The zero-order valence-corrected chi connectivity index (χ0v) is 24.7. The molecule has 0 bridgehead atoms. The minimum atomic E-state index is -3.99. The van der Waals surface area contributed by atoms with Gasteiger partial charge in [0.15, 0.2) is 0 Å². The summed E-state index contributed by atoms with van der Waals surface area (Å²) in [7, 11) is -3.99. The third-order valence-electron chi connectivity index (χ3n) is 8.91. The van der Waals surface area contributed by atoms with E-state index in [1.807, 2.05) is 42.2 Å². The van der Waals surface area contributed by atoms with E-state index in [0.717, 1.165) is 59.0 Å². The van der Waals surface area contributed by atoms with Gasteiger partial charge in [-0.3, -0.25) is 0 Å². The molecule has 6 rings (SSSR count). The molecule has 1 aliphatic carbocycles. The van der Waals surface area contributed by atoms with Gasteiger partial charge in [0.2, 0.25) is 10.0 Å². The van der Waals surface area contributed by atoms with Crippen molar-refractivity contribution in [3.63, 3.8) is 0 Å². The number of nitrogens with two attached hydrogens (primary N) is 1. The van der Waals surface area contributed by atoms with Gasteiger partial charge in [-0.25, -0.2) is 27.3 Å². The summed E-state index contributed by atoms with van der Waals surface area (Å²) >= 11 is 1.36. The van der Waals surface area contributed by atoms with E-state index in [0.29, 0.717) is 16.8 Å². The molecular weight excluding hydrogens is 568 g/mol. The first-order valence-corrected chi connectivity index (χ1v) is 16.4. The van der Waals surface area contributed by atoms with Crippen LogP contribution in [0.4, 0.5) is 20.3 Å². The number of aryl methyl sites for hydroxylation is 1. The highest BCUT2D eigenvalue weighted by Crippen LogP contribution is 2.54. The number of aliphatic hydroxyl groups is 1. The summed E-state index contributed by atoms with van der Waals surface area (Å²) in [6.07, 6.45) is 4.39. The first-order chi connectivity index (χ1) is 19.5. The van der Waals surface area contributed by atoms with Gasteiger partial charge in [-0.15, -0.1) is 0 Å². The Morgan fingerprint density at radius 1 is 1.00 bits per heavy atom. The van der Waals surface area contributed by atoms with Gasteiger partial charge >= 0.3 is 0 Å². The summed E-state index contributed by atoms with van der Waals surface area (Å²) in [5.74, 6) is -1.95. The Hall–Kier alpha value is -2.67. The van der Waals surface area contributed by atoms with E-state index in [-0.39, 0.29) is 25.9 Å². The topological polar surface area (TPSA) is 113 Å². The van der Waals surface area contributed by atoms with Crippen LogP contribution in [-0.4, -0.2) is 61.6 Å². The molecule has 1 unspecified atom stereocenters. The van der Waals surface area contributed by atoms with Gasteiger partial charge in [-0.2, -0.15) is 4.37 Å². The quantitative estimate of drug-likeness (QED) is 0.386. The summed E-state index contributed by atoms with van der Waals surface area (Å²) in [4.78, 5) is 9.75. The minimum absolute atomic E-state index is 0.183. The summed E-state index contributed by atoms with van der Waals surface area (Å²) in [5, 5.41) is 14.1. The number of primary sulfonamides is 1. The molecule has 2 aliphatic heterocycles. The van der Waals surface area contributed by atoms with Gasteiger partial charge in [0.1, 0.15) is 11.1 Å². The highest BCUT2D eigenvalue weighted by atomic mass is 32.2. The van der Waals surface area contributed by atoms with Crippen LogP contribution in [0.5, 0.6) is 0 Å². The molecule has 41 heavy (non-hydrogen) atoms. The van der Waals surface area contributed by atoms with Crippen LogP contribution in [-0.2, 0) is 10.0 Å². The maximum Gasteiger partial charge on any atom is 0.251 e. The van der Waals surface area contributed by atoms with Crippen LogP contribution in [0.1, 0.15) is 55.0 Å². The van der Waals surface area contributed by atoms with Crippen LogP contribution in [0, 0.1) is 12.3 Å². The number of anilines is 2. The van der Waals surface area contributed by atoms with Crippen LogP contribution in [0.25, 0.3) is 21.7 Å². The maximum atomic E-state index is 13.7. The molecule has 1 aromatic carbocycles. The fourth-order valence-electron chi connectivity index (χ4n) is 6.08. The first kappa shape index (κ1) is 28.4. The summed E-state index contributed by atoms with van der Waals surface area (Å²) in [5.41, 5.74) is 5.22. The van der Waals surface area contributed by atoms with E-state index < -0.39 is 27.8 Å². The number of aromatic nitrogens is 2. The molecule has 12 heteroatoms. The van der Waals surface area contributed by atoms with Crippen molar-refractivity contribution in [2.24, 2.45) is 10.6 Å². The van der Waals surface area contributed by atoms with Crippen LogP contribution in [0.15, 0.2) is 36.4 Å². The molecule has 3 aromatic rings. The lowest BCUT2D eigenvalue weighted by atomic mass is 9.92. The zero-order valence-electron chi connectivity index (χ0n) is 23.0. The van der Waals surface area contributed by atoms with Crippen LogP contribution in [0.3, 0.4) is 0 Å². The largest absolute Gasteiger partial charge is 0.395 e. The van der Waals surface area contributed by atoms with Crippen molar-refractivity contribution in [1.29, 1.82) is 0 Å². The van der Waals surface area contributed by atoms with Gasteiger partial charge in [0.25, 0.3) is 5.92 Å². The Balaban J connectivity index is 1.33. The number of aliphatic hydroxyl groups excluding tert-OH is 1. The molecule has 0 radical (unpaired) electrons. The predicted molar refractivity (Wildman–Crippen MR) is 158 cm³/mol. The number of pyridine rings is 1. The Morgan fingerprint density at radius 2 is 1.68 bits per heavy atom. The van der Waals surface area contributed by atoms with Gasteiger partial charge in [0, 0.05) is 61.5 Å².